The van der Waals surface area contributed by atoms with Crippen molar-refractivity contribution in [1.29, 1.82) is 0 Å². The predicted molar refractivity (Wildman–Crippen MR) is 88.4 cm³/mol. The van der Waals surface area contributed by atoms with Crippen molar-refractivity contribution in [2.45, 2.75) is 24.6 Å². The molecule has 124 valence electrons. The highest BCUT2D eigenvalue weighted by molar-refractivity contribution is 6.31. The van der Waals surface area contributed by atoms with Gasteiger partial charge in [-0.2, -0.15) is 13.2 Å². The molecule has 6 heteroatoms. The van der Waals surface area contributed by atoms with Crippen molar-refractivity contribution >= 4 is 24.0 Å². The number of fused-ring (bicyclic) bond motifs is 1. The highest BCUT2D eigenvalue weighted by Crippen LogP contribution is 2.45. The standard InChI is InChI=1S/C17H15ClF3N.ClH/c1-22-16-9-13(11-4-2-3-5-12(11)16)10-6-7-15(18)14(8-10)17(19,20)21;/h2-8,13,16,22H,9H2,1H3;1H. The van der Waals surface area contributed by atoms with Gasteiger partial charge in [-0.05, 0) is 42.3 Å². The monoisotopic (exact) mass is 361 g/mol. The first-order chi connectivity index (χ1) is 10.4. The van der Waals surface area contributed by atoms with Gasteiger partial charge in [0.25, 0.3) is 0 Å². The maximum absolute atomic E-state index is 13.1. The topological polar surface area (TPSA) is 12.0 Å². The summed E-state index contributed by atoms with van der Waals surface area (Å²) in [6.45, 7) is 0. The summed E-state index contributed by atoms with van der Waals surface area (Å²) in [5, 5.41) is 2.97. The van der Waals surface area contributed by atoms with Crippen LogP contribution in [0.1, 0.15) is 40.6 Å². The molecule has 0 radical (unpaired) electrons. The van der Waals surface area contributed by atoms with Crippen molar-refractivity contribution in [3.05, 3.63) is 69.7 Å². The summed E-state index contributed by atoms with van der Waals surface area (Å²) in [6, 6.07) is 12.3. The van der Waals surface area contributed by atoms with Gasteiger partial charge in [-0.3, -0.25) is 0 Å². The first kappa shape index (κ1) is 18.1. The Morgan fingerprint density at radius 2 is 1.74 bits per heavy atom. The van der Waals surface area contributed by atoms with E-state index in [0.717, 1.165) is 17.5 Å². The average molecular weight is 362 g/mol. The summed E-state index contributed by atoms with van der Waals surface area (Å²) >= 11 is 5.71. The molecular formula is C17H16Cl2F3N. The van der Waals surface area contributed by atoms with Crippen LogP contribution in [0, 0.1) is 0 Å². The lowest BCUT2D eigenvalue weighted by Crippen LogP contribution is -2.13. The van der Waals surface area contributed by atoms with E-state index in [1.165, 1.54) is 12.1 Å². The smallest absolute Gasteiger partial charge is 0.313 e. The first-order valence-electron chi connectivity index (χ1n) is 7.04. The number of rotatable bonds is 2. The van der Waals surface area contributed by atoms with Crippen LogP contribution in [0.5, 0.6) is 0 Å². The fourth-order valence-corrected chi connectivity index (χ4v) is 3.43. The highest BCUT2D eigenvalue weighted by Gasteiger charge is 2.36. The Morgan fingerprint density at radius 1 is 1.09 bits per heavy atom. The molecule has 0 spiro atoms. The van der Waals surface area contributed by atoms with Gasteiger partial charge in [0, 0.05) is 12.0 Å². The summed E-state index contributed by atoms with van der Waals surface area (Å²) in [7, 11) is 1.87. The Morgan fingerprint density at radius 3 is 2.35 bits per heavy atom. The number of nitrogens with one attached hydrogen (secondary N) is 1. The lowest BCUT2D eigenvalue weighted by Gasteiger charge is -2.16. The molecule has 2 atom stereocenters. The Hall–Kier alpha value is -1.23. The van der Waals surface area contributed by atoms with Gasteiger partial charge in [0.1, 0.15) is 0 Å². The second-order valence-electron chi connectivity index (χ2n) is 5.50. The van der Waals surface area contributed by atoms with Crippen LogP contribution in [0.3, 0.4) is 0 Å². The second-order valence-corrected chi connectivity index (χ2v) is 5.90. The molecule has 0 aromatic heterocycles. The Kier molecular flexibility index (Phi) is 5.29. The molecule has 1 nitrogen and oxygen atoms in total. The summed E-state index contributed by atoms with van der Waals surface area (Å²) in [5.74, 6) is -0.0491. The third kappa shape index (κ3) is 3.35. The van der Waals surface area contributed by atoms with Crippen LogP contribution < -0.4 is 5.32 Å². The summed E-state index contributed by atoms with van der Waals surface area (Å²) in [4.78, 5) is 0. The molecule has 0 saturated heterocycles. The lowest BCUT2D eigenvalue weighted by molar-refractivity contribution is -0.137. The molecule has 1 aliphatic carbocycles. The van der Waals surface area contributed by atoms with Crippen LogP contribution >= 0.6 is 24.0 Å². The average Bonchev–Trinajstić information content (AvgIpc) is 2.85. The van der Waals surface area contributed by atoms with Crippen molar-refractivity contribution in [2.75, 3.05) is 7.05 Å². The van der Waals surface area contributed by atoms with Gasteiger partial charge in [-0.1, -0.05) is 41.9 Å². The maximum Gasteiger partial charge on any atom is 0.417 e. The van der Waals surface area contributed by atoms with Crippen molar-refractivity contribution < 1.29 is 13.2 Å². The quantitative estimate of drug-likeness (QED) is 0.736. The summed E-state index contributed by atoms with van der Waals surface area (Å²) < 4.78 is 39.2. The highest BCUT2D eigenvalue weighted by atomic mass is 35.5. The maximum atomic E-state index is 13.1. The molecule has 0 saturated carbocycles. The molecule has 2 aromatic rings. The van der Waals surface area contributed by atoms with E-state index in [2.05, 4.69) is 5.32 Å². The summed E-state index contributed by atoms with van der Waals surface area (Å²) in [6.07, 6.45) is -3.69. The van der Waals surface area contributed by atoms with E-state index in [9.17, 15) is 13.2 Å². The third-order valence-electron chi connectivity index (χ3n) is 4.26. The van der Waals surface area contributed by atoms with Crippen LogP contribution in [0.2, 0.25) is 5.02 Å². The molecule has 2 unspecified atom stereocenters. The zero-order chi connectivity index (χ0) is 15.9. The Labute approximate surface area is 144 Å². The van der Waals surface area contributed by atoms with E-state index < -0.39 is 11.7 Å². The number of halogens is 5. The molecule has 0 heterocycles. The van der Waals surface area contributed by atoms with Crippen molar-refractivity contribution in [3.8, 4) is 0 Å². The van der Waals surface area contributed by atoms with Gasteiger partial charge in [-0.25, -0.2) is 0 Å². The minimum atomic E-state index is -4.44. The van der Waals surface area contributed by atoms with E-state index in [-0.39, 0.29) is 29.4 Å². The van der Waals surface area contributed by atoms with Crippen LogP contribution in [-0.2, 0) is 6.18 Å². The molecule has 0 fully saturated rings. The molecule has 1 N–H and O–H groups in total. The normalized spacial score (nSPS) is 20.0. The zero-order valence-corrected chi connectivity index (χ0v) is 13.9. The zero-order valence-electron chi connectivity index (χ0n) is 12.3. The van der Waals surface area contributed by atoms with E-state index in [4.69, 9.17) is 11.6 Å². The van der Waals surface area contributed by atoms with E-state index in [1.807, 2.05) is 31.3 Å². The minimum Gasteiger partial charge on any atom is -0.313 e. The molecule has 0 aliphatic heterocycles. The number of hydrogen-bond donors (Lipinski definition) is 1. The van der Waals surface area contributed by atoms with Crippen LogP contribution in [-0.4, -0.2) is 7.05 Å². The van der Waals surface area contributed by atoms with Gasteiger partial charge in [0.05, 0.1) is 10.6 Å². The molecular weight excluding hydrogens is 346 g/mol. The van der Waals surface area contributed by atoms with Crippen LogP contribution in [0.25, 0.3) is 0 Å². The van der Waals surface area contributed by atoms with E-state index >= 15 is 0 Å². The van der Waals surface area contributed by atoms with Gasteiger partial charge in [0.15, 0.2) is 0 Å². The molecule has 1 aliphatic rings. The van der Waals surface area contributed by atoms with Crippen molar-refractivity contribution in [2.24, 2.45) is 0 Å². The second kappa shape index (κ2) is 6.71. The summed E-state index contributed by atoms with van der Waals surface area (Å²) in [5.41, 5.74) is 2.12. The van der Waals surface area contributed by atoms with Gasteiger partial charge >= 0.3 is 6.18 Å². The number of alkyl halides is 3. The van der Waals surface area contributed by atoms with Crippen molar-refractivity contribution in [1.82, 2.24) is 5.32 Å². The fourth-order valence-electron chi connectivity index (χ4n) is 3.20. The van der Waals surface area contributed by atoms with Gasteiger partial charge < -0.3 is 5.32 Å². The Bertz CT molecular complexity index is 700. The number of hydrogen-bond acceptors (Lipinski definition) is 1. The van der Waals surface area contributed by atoms with Crippen LogP contribution in [0.4, 0.5) is 13.2 Å². The molecule has 2 aromatic carbocycles. The molecule has 0 bridgehead atoms. The Balaban J connectivity index is 0.00000192. The van der Waals surface area contributed by atoms with E-state index in [0.29, 0.717) is 5.56 Å². The molecule has 0 amide bonds. The third-order valence-corrected chi connectivity index (χ3v) is 4.59. The van der Waals surface area contributed by atoms with Gasteiger partial charge in [0.2, 0.25) is 0 Å². The fraction of sp³-hybridized carbons (Fsp3) is 0.294. The van der Waals surface area contributed by atoms with Gasteiger partial charge in [-0.15, -0.1) is 12.4 Å². The SMILES string of the molecule is CNC1CC(c2ccc(Cl)c(C(F)(F)F)c2)c2ccccc21.Cl. The van der Waals surface area contributed by atoms with E-state index in [1.54, 1.807) is 6.07 Å². The largest absolute Gasteiger partial charge is 0.417 e. The lowest BCUT2D eigenvalue weighted by atomic mass is 9.91. The molecule has 23 heavy (non-hydrogen) atoms. The van der Waals surface area contributed by atoms with Crippen LogP contribution in [0.15, 0.2) is 42.5 Å². The van der Waals surface area contributed by atoms with Crippen molar-refractivity contribution in [3.63, 3.8) is 0 Å². The first-order valence-corrected chi connectivity index (χ1v) is 7.42. The molecule has 3 rings (SSSR count). The number of benzene rings is 2. The minimum absolute atomic E-state index is 0. The predicted octanol–water partition coefficient (Wildman–Crippen LogP) is 5.58.